The van der Waals surface area contributed by atoms with Crippen LogP contribution in [0.15, 0.2) is 42.1 Å². The van der Waals surface area contributed by atoms with E-state index in [-0.39, 0.29) is 82.1 Å². The van der Waals surface area contributed by atoms with E-state index >= 15 is 8.78 Å². The first kappa shape index (κ1) is 34.8. The summed E-state index contributed by atoms with van der Waals surface area (Å²) in [5.41, 5.74) is -0.237. The zero-order valence-electron chi connectivity index (χ0n) is 30.0. The minimum atomic E-state index is -1.66. The first-order valence-electron chi connectivity index (χ1n) is 18.3. The maximum atomic E-state index is 17.7. The summed E-state index contributed by atoms with van der Waals surface area (Å²) < 4.78 is 73.9. The number of phenols is 1. The first-order valence-corrected chi connectivity index (χ1v) is 18.3. The van der Waals surface area contributed by atoms with E-state index in [4.69, 9.17) is 31.0 Å². The fourth-order valence-electron chi connectivity index (χ4n) is 9.61. The van der Waals surface area contributed by atoms with Crippen LogP contribution in [-0.4, -0.2) is 105 Å². The SMILES string of the molecule is C#Cc1c(F)ccc2cc(O)cc(-c3c(F)c4nc(OC[C@@]56CCCN5CC(=C(F)F)C6)nc(N5C[C@H]6CC[C@@H](C5)N6CCOC)c4c4cn(C)nc34)c12. The number of anilines is 1. The number of methoxy groups -OCH3 is 1. The number of halogens is 4. The van der Waals surface area contributed by atoms with Gasteiger partial charge in [-0.3, -0.25) is 14.5 Å². The molecule has 2 bridgehead atoms. The van der Waals surface area contributed by atoms with Crippen LogP contribution in [0.2, 0.25) is 0 Å². The summed E-state index contributed by atoms with van der Waals surface area (Å²) in [7, 11) is 3.42. The van der Waals surface area contributed by atoms with Crippen LogP contribution in [-0.2, 0) is 11.8 Å². The summed E-state index contributed by atoms with van der Waals surface area (Å²) in [6, 6.07) is 5.89. The number of piperazine rings is 1. The van der Waals surface area contributed by atoms with E-state index in [2.05, 4.69) is 15.7 Å². The smallest absolute Gasteiger partial charge is 0.319 e. The largest absolute Gasteiger partial charge is 0.508 e. The van der Waals surface area contributed by atoms with E-state index in [1.165, 1.54) is 24.3 Å². The molecule has 54 heavy (non-hydrogen) atoms. The van der Waals surface area contributed by atoms with Crippen molar-refractivity contribution in [2.24, 2.45) is 7.05 Å². The van der Waals surface area contributed by atoms with Gasteiger partial charge in [0.2, 0.25) is 0 Å². The number of hydrogen-bond acceptors (Lipinski definition) is 9. The van der Waals surface area contributed by atoms with Crippen molar-refractivity contribution in [2.75, 3.05) is 57.9 Å². The summed E-state index contributed by atoms with van der Waals surface area (Å²) >= 11 is 0. The Balaban J connectivity index is 1.25. The molecule has 0 unspecified atom stereocenters. The molecule has 4 aliphatic heterocycles. The van der Waals surface area contributed by atoms with Crippen LogP contribution in [0.3, 0.4) is 0 Å². The van der Waals surface area contributed by atoms with Gasteiger partial charge in [-0.15, -0.1) is 6.42 Å². The highest BCUT2D eigenvalue weighted by Crippen LogP contribution is 2.47. The molecule has 0 saturated carbocycles. The quantitative estimate of drug-likeness (QED) is 0.144. The molecule has 9 rings (SSSR count). The highest BCUT2D eigenvalue weighted by molar-refractivity contribution is 6.18. The standard InChI is InChI=1S/C40H39F4N7O3/c1-4-27-30(41)9-6-22-14-26(52)15-28(31(22)27)32-34(42)36-33(29-20-48(2)47-35(29)32)38(49-18-24-7-8-25(19-49)51(24)12-13-53-3)46-39(45-36)54-21-40-10-5-11-50(40)17-23(16-40)37(43)44/h1,6,9,14-15,20,24-25,52H,5,7-8,10-13,16-19,21H2,2-3H3/t24-,25+,40-/m0/s1. The van der Waals surface area contributed by atoms with Gasteiger partial charge in [0.1, 0.15) is 35.0 Å². The summed E-state index contributed by atoms with van der Waals surface area (Å²) in [4.78, 5) is 16.4. The van der Waals surface area contributed by atoms with Gasteiger partial charge in [0, 0.05) is 80.5 Å². The molecule has 1 N–H and O–H groups in total. The van der Waals surface area contributed by atoms with Gasteiger partial charge in [0.05, 0.1) is 23.1 Å². The second kappa shape index (κ2) is 13.1. The average Bonchev–Trinajstić information content (AvgIpc) is 3.89. The molecule has 14 heteroatoms. The molecule has 3 atom stereocenters. The number of benzene rings is 3. The number of fused-ring (bicyclic) bond motifs is 7. The molecule has 4 aliphatic rings. The lowest BCUT2D eigenvalue weighted by Crippen LogP contribution is -2.54. The predicted molar refractivity (Wildman–Crippen MR) is 197 cm³/mol. The Labute approximate surface area is 308 Å². The highest BCUT2D eigenvalue weighted by Gasteiger charge is 2.48. The van der Waals surface area contributed by atoms with Crippen LogP contribution in [0.1, 0.15) is 37.7 Å². The minimum Gasteiger partial charge on any atom is -0.508 e. The Morgan fingerprint density at radius 1 is 1.09 bits per heavy atom. The van der Waals surface area contributed by atoms with Crippen LogP contribution in [0.25, 0.3) is 43.7 Å². The van der Waals surface area contributed by atoms with Gasteiger partial charge in [0.25, 0.3) is 6.08 Å². The third-order valence-electron chi connectivity index (χ3n) is 12.0. The van der Waals surface area contributed by atoms with Crippen LogP contribution in [0.4, 0.5) is 23.4 Å². The van der Waals surface area contributed by atoms with E-state index in [9.17, 15) is 13.9 Å². The molecule has 0 amide bonds. The van der Waals surface area contributed by atoms with Crippen molar-refractivity contribution in [3.05, 3.63) is 59.3 Å². The average molecular weight is 742 g/mol. The Hall–Kier alpha value is -4.97. The van der Waals surface area contributed by atoms with Gasteiger partial charge in [-0.25, -0.2) is 8.78 Å². The van der Waals surface area contributed by atoms with Gasteiger partial charge in [-0.05, 0) is 67.8 Å². The molecule has 2 aromatic heterocycles. The molecule has 6 heterocycles. The monoisotopic (exact) mass is 741 g/mol. The third-order valence-corrected chi connectivity index (χ3v) is 12.0. The van der Waals surface area contributed by atoms with E-state index in [0.717, 1.165) is 25.8 Å². The van der Waals surface area contributed by atoms with Crippen molar-refractivity contribution in [1.82, 2.24) is 29.5 Å². The fourth-order valence-corrected chi connectivity index (χ4v) is 9.61. The minimum absolute atomic E-state index is 0.00860. The molecule has 5 aromatic rings. The van der Waals surface area contributed by atoms with E-state index in [1.54, 1.807) is 25.0 Å². The van der Waals surface area contributed by atoms with Gasteiger partial charge in [0.15, 0.2) is 5.82 Å². The van der Waals surface area contributed by atoms with Crippen molar-refractivity contribution < 1.29 is 32.1 Å². The molecule has 280 valence electrons. The number of ether oxygens (including phenoxy) is 2. The molecular weight excluding hydrogens is 702 g/mol. The molecule has 4 fully saturated rings. The number of phenolic OH excluding ortho intramolecular Hbond substituents is 1. The summed E-state index contributed by atoms with van der Waals surface area (Å²) in [5, 5.41) is 17.2. The predicted octanol–water partition coefficient (Wildman–Crippen LogP) is 6.37. The number of hydrogen-bond donors (Lipinski definition) is 1. The highest BCUT2D eigenvalue weighted by atomic mass is 19.3. The topological polar surface area (TPSA) is 92.0 Å². The Kier molecular flexibility index (Phi) is 8.44. The summed E-state index contributed by atoms with van der Waals surface area (Å²) in [5.74, 6) is 1.31. The number of terminal acetylenes is 1. The molecular formula is C40H39F4N7O3. The zero-order chi connectivity index (χ0) is 37.5. The normalized spacial score (nSPS) is 22.9. The third kappa shape index (κ3) is 5.47. The fraction of sp³-hybridized carbons (Fsp3) is 0.425. The van der Waals surface area contributed by atoms with E-state index in [1.807, 2.05) is 4.90 Å². The van der Waals surface area contributed by atoms with Gasteiger partial charge >= 0.3 is 6.01 Å². The maximum Gasteiger partial charge on any atom is 0.319 e. The Morgan fingerprint density at radius 2 is 1.89 bits per heavy atom. The van der Waals surface area contributed by atoms with Crippen LogP contribution in [0, 0.1) is 24.0 Å². The van der Waals surface area contributed by atoms with Gasteiger partial charge in [-0.2, -0.15) is 23.8 Å². The van der Waals surface area contributed by atoms with Crippen molar-refractivity contribution in [3.63, 3.8) is 0 Å². The molecule has 4 saturated heterocycles. The summed E-state index contributed by atoms with van der Waals surface area (Å²) in [6.07, 6.45) is 9.62. The number of aryl methyl sites for hydroxylation is 1. The van der Waals surface area contributed by atoms with Gasteiger partial charge in [-0.1, -0.05) is 12.0 Å². The first-order chi connectivity index (χ1) is 26.1. The maximum absolute atomic E-state index is 17.7. The van der Waals surface area contributed by atoms with Crippen molar-refractivity contribution >= 4 is 38.4 Å². The number of aromatic hydroxyl groups is 1. The van der Waals surface area contributed by atoms with Crippen LogP contribution < -0.4 is 9.64 Å². The molecule has 10 nitrogen and oxygen atoms in total. The molecule has 0 spiro atoms. The molecule has 0 radical (unpaired) electrons. The van der Waals surface area contributed by atoms with Crippen LogP contribution in [0.5, 0.6) is 11.8 Å². The van der Waals surface area contributed by atoms with Crippen molar-refractivity contribution in [3.8, 4) is 35.2 Å². The lowest BCUT2D eigenvalue weighted by Gasteiger charge is -2.41. The van der Waals surface area contributed by atoms with Gasteiger partial charge < -0.3 is 19.5 Å². The Bertz CT molecular complexity index is 2410. The second-order valence-corrected chi connectivity index (χ2v) is 15.1. The summed E-state index contributed by atoms with van der Waals surface area (Å²) in [6.45, 7) is 3.58. The van der Waals surface area contributed by atoms with E-state index < -0.39 is 23.3 Å². The van der Waals surface area contributed by atoms with Crippen molar-refractivity contribution in [2.45, 2.75) is 49.7 Å². The van der Waals surface area contributed by atoms with Crippen molar-refractivity contribution in [1.29, 1.82) is 0 Å². The number of nitrogens with zero attached hydrogens (tertiary/aromatic N) is 7. The lowest BCUT2D eigenvalue weighted by molar-refractivity contribution is 0.105. The molecule has 0 aliphatic carbocycles. The lowest BCUT2D eigenvalue weighted by atomic mass is 9.91. The Morgan fingerprint density at radius 3 is 2.63 bits per heavy atom. The zero-order valence-corrected chi connectivity index (χ0v) is 30.0. The molecule has 3 aromatic carbocycles. The number of aromatic nitrogens is 4. The number of rotatable bonds is 8. The van der Waals surface area contributed by atoms with Crippen LogP contribution >= 0.6 is 0 Å². The second-order valence-electron chi connectivity index (χ2n) is 15.1. The van der Waals surface area contributed by atoms with E-state index in [0.29, 0.717) is 54.6 Å².